The van der Waals surface area contributed by atoms with Gasteiger partial charge in [-0.2, -0.15) is 4.98 Å². The van der Waals surface area contributed by atoms with E-state index in [4.69, 9.17) is 9.47 Å². The van der Waals surface area contributed by atoms with Crippen molar-refractivity contribution in [3.63, 3.8) is 0 Å². The Morgan fingerprint density at radius 2 is 1.95 bits per heavy atom. The van der Waals surface area contributed by atoms with Crippen molar-refractivity contribution >= 4 is 22.9 Å². The lowest BCUT2D eigenvalue weighted by Gasteiger charge is -2.19. The van der Waals surface area contributed by atoms with E-state index >= 15 is 0 Å². The second-order valence-corrected chi connectivity index (χ2v) is 5.43. The number of carbonyl (C=O) groups is 1. The second kappa shape index (κ2) is 5.95. The molecule has 0 bridgehead atoms. The van der Waals surface area contributed by atoms with Crippen molar-refractivity contribution in [2.75, 3.05) is 11.9 Å². The average molecular weight is 289 g/mol. The Bertz CT molecular complexity index is 650. The Hall–Kier alpha value is -2.37. The number of rotatable bonds is 3. The molecule has 2 rings (SSSR count). The van der Waals surface area contributed by atoms with Crippen LogP contribution in [0.4, 0.5) is 10.7 Å². The topological polar surface area (TPSA) is 73.3 Å². The third kappa shape index (κ3) is 4.05. The monoisotopic (exact) mass is 289 g/mol. The number of anilines is 1. The normalized spacial score (nSPS) is 11.2. The first-order valence-corrected chi connectivity index (χ1v) is 6.78. The van der Waals surface area contributed by atoms with Crippen LogP contribution in [0.1, 0.15) is 27.7 Å². The molecule has 0 unspecified atom stereocenters. The van der Waals surface area contributed by atoms with E-state index in [1.807, 2.05) is 31.2 Å². The van der Waals surface area contributed by atoms with E-state index in [9.17, 15) is 4.79 Å². The maximum atomic E-state index is 11.8. The van der Waals surface area contributed by atoms with Crippen LogP contribution in [-0.4, -0.2) is 28.3 Å². The number of amides is 1. The molecular formula is C15H19N3O3. The Morgan fingerprint density at radius 3 is 2.62 bits per heavy atom. The maximum absolute atomic E-state index is 11.8. The van der Waals surface area contributed by atoms with Gasteiger partial charge in [0.25, 0.3) is 0 Å². The SMILES string of the molecule is CCOc1nc(NC(=O)OC(C)(C)C)nc2ccccc12. The summed E-state index contributed by atoms with van der Waals surface area (Å²) < 4.78 is 10.7. The van der Waals surface area contributed by atoms with Gasteiger partial charge in [-0.3, -0.25) is 5.32 Å². The number of aromatic nitrogens is 2. The highest BCUT2D eigenvalue weighted by Gasteiger charge is 2.18. The Balaban J connectivity index is 2.30. The minimum Gasteiger partial charge on any atom is -0.477 e. The fourth-order valence-corrected chi connectivity index (χ4v) is 1.75. The summed E-state index contributed by atoms with van der Waals surface area (Å²) in [5, 5.41) is 3.33. The highest BCUT2D eigenvalue weighted by atomic mass is 16.6. The van der Waals surface area contributed by atoms with Crippen LogP contribution >= 0.6 is 0 Å². The molecule has 1 amide bonds. The van der Waals surface area contributed by atoms with Crippen molar-refractivity contribution in [2.45, 2.75) is 33.3 Å². The van der Waals surface area contributed by atoms with Crippen molar-refractivity contribution < 1.29 is 14.3 Å². The number of nitrogens with one attached hydrogen (secondary N) is 1. The fraction of sp³-hybridized carbons (Fsp3) is 0.400. The molecule has 1 aromatic heterocycles. The molecule has 0 aliphatic carbocycles. The summed E-state index contributed by atoms with van der Waals surface area (Å²) in [5.41, 5.74) is 0.117. The molecule has 0 saturated heterocycles. The Labute approximate surface area is 123 Å². The zero-order valence-corrected chi connectivity index (χ0v) is 12.6. The minimum absolute atomic E-state index is 0.159. The second-order valence-electron chi connectivity index (χ2n) is 5.43. The van der Waals surface area contributed by atoms with Crippen molar-refractivity contribution in [1.29, 1.82) is 0 Å². The van der Waals surface area contributed by atoms with Gasteiger partial charge in [0, 0.05) is 0 Å². The first-order chi connectivity index (χ1) is 9.89. The number of fused-ring (bicyclic) bond motifs is 1. The Morgan fingerprint density at radius 1 is 1.24 bits per heavy atom. The zero-order chi connectivity index (χ0) is 15.5. The highest BCUT2D eigenvalue weighted by Crippen LogP contribution is 2.24. The summed E-state index contributed by atoms with van der Waals surface area (Å²) >= 11 is 0. The van der Waals surface area contributed by atoms with Gasteiger partial charge in [-0.05, 0) is 39.8 Å². The molecule has 112 valence electrons. The van der Waals surface area contributed by atoms with Crippen molar-refractivity contribution in [1.82, 2.24) is 9.97 Å². The van der Waals surface area contributed by atoms with Gasteiger partial charge in [0.15, 0.2) is 0 Å². The summed E-state index contributed by atoms with van der Waals surface area (Å²) in [6.45, 7) is 7.73. The maximum Gasteiger partial charge on any atom is 0.414 e. The van der Waals surface area contributed by atoms with Gasteiger partial charge in [0.1, 0.15) is 5.60 Å². The molecular weight excluding hydrogens is 270 g/mol. The summed E-state index contributed by atoms with van der Waals surface area (Å²) in [4.78, 5) is 20.3. The first kappa shape index (κ1) is 15.0. The van der Waals surface area contributed by atoms with Crippen molar-refractivity contribution in [3.05, 3.63) is 24.3 Å². The van der Waals surface area contributed by atoms with Crippen LogP contribution in [-0.2, 0) is 4.74 Å². The largest absolute Gasteiger partial charge is 0.477 e. The van der Waals surface area contributed by atoms with Gasteiger partial charge in [0.05, 0.1) is 17.5 Å². The molecule has 6 nitrogen and oxygen atoms in total. The predicted molar refractivity (Wildman–Crippen MR) is 80.6 cm³/mol. The summed E-state index contributed by atoms with van der Waals surface area (Å²) in [6.07, 6.45) is -0.597. The number of nitrogens with zero attached hydrogens (tertiary/aromatic N) is 2. The molecule has 0 fully saturated rings. The van der Waals surface area contributed by atoms with Gasteiger partial charge in [-0.15, -0.1) is 0 Å². The number of benzene rings is 1. The molecule has 1 N–H and O–H groups in total. The van der Waals surface area contributed by atoms with Gasteiger partial charge in [-0.1, -0.05) is 12.1 Å². The number of ether oxygens (including phenoxy) is 2. The van der Waals surface area contributed by atoms with Crippen LogP contribution in [0.2, 0.25) is 0 Å². The van der Waals surface area contributed by atoms with Crippen LogP contribution in [0.5, 0.6) is 5.88 Å². The predicted octanol–water partition coefficient (Wildman–Crippen LogP) is 3.38. The van der Waals surface area contributed by atoms with Crippen LogP contribution in [0.3, 0.4) is 0 Å². The third-order valence-electron chi connectivity index (χ3n) is 2.46. The van der Waals surface area contributed by atoms with E-state index < -0.39 is 11.7 Å². The molecule has 1 heterocycles. The minimum atomic E-state index is -0.597. The highest BCUT2D eigenvalue weighted by molar-refractivity contribution is 5.88. The molecule has 0 atom stereocenters. The summed E-state index contributed by atoms with van der Waals surface area (Å²) in [6, 6.07) is 7.45. The zero-order valence-electron chi connectivity index (χ0n) is 12.6. The molecule has 0 saturated carbocycles. The van der Waals surface area contributed by atoms with Crippen molar-refractivity contribution in [3.8, 4) is 5.88 Å². The molecule has 0 aliphatic heterocycles. The smallest absolute Gasteiger partial charge is 0.414 e. The van der Waals surface area contributed by atoms with Crippen LogP contribution in [0, 0.1) is 0 Å². The van der Waals surface area contributed by atoms with E-state index in [-0.39, 0.29) is 5.95 Å². The van der Waals surface area contributed by atoms with E-state index in [0.29, 0.717) is 18.0 Å². The molecule has 6 heteroatoms. The quantitative estimate of drug-likeness (QED) is 0.937. The number of carbonyl (C=O) groups excluding carboxylic acids is 1. The van der Waals surface area contributed by atoms with E-state index in [0.717, 1.165) is 5.39 Å². The molecule has 21 heavy (non-hydrogen) atoms. The molecule has 0 radical (unpaired) electrons. The number of para-hydroxylation sites is 1. The lowest BCUT2D eigenvalue weighted by atomic mass is 10.2. The number of hydrogen-bond acceptors (Lipinski definition) is 5. The van der Waals surface area contributed by atoms with Gasteiger partial charge in [-0.25, -0.2) is 9.78 Å². The standard InChI is InChI=1S/C15H19N3O3/c1-5-20-12-10-8-6-7-9-11(10)16-13(17-12)18-14(19)21-15(2,3)4/h6-9H,5H2,1-4H3,(H,16,17,18,19). The molecule has 0 aliphatic rings. The average Bonchev–Trinajstić information content (AvgIpc) is 2.36. The van der Waals surface area contributed by atoms with E-state index in [2.05, 4.69) is 15.3 Å². The first-order valence-electron chi connectivity index (χ1n) is 6.78. The fourth-order valence-electron chi connectivity index (χ4n) is 1.75. The van der Waals surface area contributed by atoms with E-state index in [1.165, 1.54) is 0 Å². The lowest BCUT2D eigenvalue weighted by molar-refractivity contribution is 0.0634. The van der Waals surface area contributed by atoms with E-state index in [1.54, 1.807) is 20.8 Å². The van der Waals surface area contributed by atoms with Crippen LogP contribution in [0.25, 0.3) is 10.9 Å². The Kier molecular flexibility index (Phi) is 4.26. The molecule has 2 aromatic rings. The molecule has 1 aromatic carbocycles. The van der Waals surface area contributed by atoms with Crippen LogP contribution in [0.15, 0.2) is 24.3 Å². The summed E-state index contributed by atoms with van der Waals surface area (Å²) in [7, 11) is 0. The van der Waals surface area contributed by atoms with Crippen molar-refractivity contribution in [2.24, 2.45) is 0 Å². The van der Waals surface area contributed by atoms with Gasteiger partial charge in [0.2, 0.25) is 11.8 Å². The van der Waals surface area contributed by atoms with Gasteiger partial charge < -0.3 is 9.47 Å². The summed E-state index contributed by atoms with van der Waals surface area (Å²) in [5.74, 6) is 0.598. The number of hydrogen-bond donors (Lipinski definition) is 1. The van der Waals surface area contributed by atoms with Crippen LogP contribution < -0.4 is 10.1 Å². The van der Waals surface area contributed by atoms with Gasteiger partial charge >= 0.3 is 6.09 Å². The lowest BCUT2D eigenvalue weighted by Crippen LogP contribution is -2.27. The third-order valence-corrected chi connectivity index (χ3v) is 2.46. The molecule has 0 spiro atoms.